The lowest BCUT2D eigenvalue weighted by Crippen LogP contribution is -2.64. The third kappa shape index (κ3) is 3.74. The Morgan fingerprint density at radius 1 is 0.781 bits per heavy atom. The molecule has 0 aliphatic heterocycles. The SMILES string of the molecule is CC(=O)O[C@H]1CC[C@H]2[C@@H]3[C@H](OC(C)=O)C[C@@H]4C[C@H](O)CC[C@]4(C)[C@H]3C[C@H](OC(C)=O)[C@]12C. The molecule has 4 aliphatic carbocycles. The summed E-state index contributed by atoms with van der Waals surface area (Å²) in [5.41, 5.74) is -0.534. The number of carbonyl (C=O) groups is 3. The van der Waals surface area contributed by atoms with E-state index in [4.69, 9.17) is 14.2 Å². The molecule has 0 unspecified atom stereocenters. The largest absolute Gasteiger partial charge is 0.462 e. The van der Waals surface area contributed by atoms with Crippen molar-refractivity contribution in [3.05, 3.63) is 0 Å². The van der Waals surface area contributed by atoms with Gasteiger partial charge in [-0.05, 0) is 68.1 Å². The third-order valence-electron chi connectivity index (χ3n) is 9.56. The van der Waals surface area contributed by atoms with Crippen molar-refractivity contribution in [2.24, 2.45) is 34.5 Å². The number of carbonyl (C=O) groups excluding carboxylic acids is 3. The van der Waals surface area contributed by atoms with Crippen LogP contribution in [0.15, 0.2) is 0 Å². The first-order chi connectivity index (χ1) is 15.0. The van der Waals surface area contributed by atoms with Crippen LogP contribution < -0.4 is 0 Å². The van der Waals surface area contributed by atoms with Crippen LogP contribution in [0.5, 0.6) is 0 Å². The minimum absolute atomic E-state index is 0.0141. The Balaban J connectivity index is 1.77. The molecule has 180 valence electrons. The molecular formula is C25H38O7. The molecule has 32 heavy (non-hydrogen) atoms. The van der Waals surface area contributed by atoms with Crippen molar-refractivity contribution in [3.63, 3.8) is 0 Å². The summed E-state index contributed by atoms with van der Waals surface area (Å²) in [6, 6.07) is 0. The smallest absolute Gasteiger partial charge is 0.302 e. The summed E-state index contributed by atoms with van der Waals surface area (Å²) in [7, 11) is 0. The van der Waals surface area contributed by atoms with E-state index >= 15 is 0 Å². The van der Waals surface area contributed by atoms with Crippen molar-refractivity contribution in [1.29, 1.82) is 0 Å². The van der Waals surface area contributed by atoms with Gasteiger partial charge in [-0.15, -0.1) is 0 Å². The second-order valence-electron chi connectivity index (χ2n) is 11.2. The van der Waals surface area contributed by atoms with E-state index < -0.39 is 5.41 Å². The summed E-state index contributed by atoms with van der Waals surface area (Å²) in [5.74, 6) is -0.241. The molecule has 4 fully saturated rings. The van der Waals surface area contributed by atoms with Crippen molar-refractivity contribution >= 4 is 17.9 Å². The molecule has 0 heterocycles. The summed E-state index contributed by atoms with van der Waals surface area (Å²) in [4.78, 5) is 36.1. The summed E-state index contributed by atoms with van der Waals surface area (Å²) in [5, 5.41) is 10.4. The second kappa shape index (κ2) is 8.30. The van der Waals surface area contributed by atoms with Crippen LogP contribution in [-0.4, -0.2) is 47.4 Å². The molecule has 4 saturated carbocycles. The van der Waals surface area contributed by atoms with Crippen LogP contribution in [0.1, 0.15) is 79.6 Å². The lowest BCUT2D eigenvalue weighted by molar-refractivity contribution is -0.228. The molecule has 1 N–H and O–H groups in total. The van der Waals surface area contributed by atoms with Gasteiger partial charge in [-0.2, -0.15) is 0 Å². The number of hydrogen-bond acceptors (Lipinski definition) is 7. The van der Waals surface area contributed by atoms with E-state index in [-0.39, 0.29) is 71.4 Å². The van der Waals surface area contributed by atoms with Crippen molar-refractivity contribution in [1.82, 2.24) is 0 Å². The molecule has 7 nitrogen and oxygen atoms in total. The van der Waals surface area contributed by atoms with Crippen molar-refractivity contribution in [2.75, 3.05) is 0 Å². The Labute approximate surface area is 190 Å². The van der Waals surface area contributed by atoms with Gasteiger partial charge in [-0.1, -0.05) is 13.8 Å². The number of rotatable bonds is 3. The van der Waals surface area contributed by atoms with Crippen molar-refractivity contribution in [2.45, 2.75) is 104 Å². The lowest BCUT2D eigenvalue weighted by atomic mass is 9.43. The fourth-order valence-corrected chi connectivity index (χ4v) is 8.18. The standard InChI is InChI=1S/C25H38O7/c1-13(26)30-20-11-16-10-17(29)8-9-24(16,4)19-12-22(32-15(3)28)25(5)18(23(19)20)6-7-21(25)31-14(2)27/h16-23,29H,6-12H2,1-5H3/t16-,17+,18-,19-,20+,21-,22-,23-,24-,25-/m0/s1. The van der Waals surface area contributed by atoms with Gasteiger partial charge in [0.25, 0.3) is 0 Å². The summed E-state index contributed by atoms with van der Waals surface area (Å²) in [6.07, 6.45) is 4.12. The van der Waals surface area contributed by atoms with Gasteiger partial charge in [-0.3, -0.25) is 14.4 Å². The normalized spacial score (nSPS) is 47.4. The summed E-state index contributed by atoms with van der Waals surface area (Å²) >= 11 is 0. The first kappa shape index (κ1) is 23.5. The zero-order valence-electron chi connectivity index (χ0n) is 20.0. The van der Waals surface area contributed by atoms with Crippen molar-refractivity contribution in [3.8, 4) is 0 Å². The quantitative estimate of drug-likeness (QED) is 0.520. The maximum atomic E-state index is 12.1. The average Bonchev–Trinajstić information content (AvgIpc) is 3.00. The number of esters is 3. The van der Waals surface area contributed by atoms with Gasteiger partial charge >= 0.3 is 17.9 Å². The molecule has 4 rings (SSSR count). The Morgan fingerprint density at radius 2 is 1.41 bits per heavy atom. The van der Waals surface area contributed by atoms with E-state index in [2.05, 4.69) is 13.8 Å². The molecular weight excluding hydrogens is 412 g/mol. The Hall–Kier alpha value is -1.63. The van der Waals surface area contributed by atoms with Crippen LogP contribution in [0.25, 0.3) is 0 Å². The van der Waals surface area contributed by atoms with Crippen LogP contribution >= 0.6 is 0 Å². The number of fused-ring (bicyclic) bond motifs is 5. The van der Waals surface area contributed by atoms with Crippen LogP contribution in [-0.2, 0) is 28.6 Å². The van der Waals surface area contributed by atoms with Gasteiger partial charge in [0.15, 0.2) is 0 Å². The highest BCUT2D eigenvalue weighted by Crippen LogP contribution is 2.67. The van der Waals surface area contributed by atoms with Gasteiger partial charge in [-0.25, -0.2) is 0 Å². The molecule has 4 aliphatic rings. The van der Waals surface area contributed by atoms with E-state index in [1.807, 2.05) is 0 Å². The maximum Gasteiger partial charge on any atom is 0.302 e. The molecule has 0 aromatic carbocycles. The van der Waals surface area contributed by atoms with E-state index in [1.54, 1.807) is 0 Å². The predicted molar refractivity (Wildman–Crippen MR) is 115 cm³/mol. The average molecular weight is 451 g/mol. The van der Waals surface area contributed by atoms with Crippen LogP contribution in [0.2, 0.25) is 0 Å². The van der Waals surface area contributed by atoms with E-state index in [0.29, 0.717) is 19.3 Å². The van der Waals surface area contributed by atoms with Gasteiger partial charge < -0.3 is 19.3 Å². The molecule has 10 atom stereocenters. The fraction of sp³-hybridized carbons (Fsp3) is 0.880. The lowest BCUT2D eigenvalue weighted by Gasteiger charge is -2.63. The highest BCUT2D eigenvalue weighted by atomic mass is 16.6. The van der Waals surface area contributed by atoms with Crippen LogP contribution in [0.4, 0.5) is 0 Å². The van der Waals surface area contributed by atoms with Gasteiger partial charge in [0.1, 0.15) is 18.3 Å². The molecule has 7 heteroatoms. The highest BCUT2D eigenvalue weighted by molar-refractivity contribution is 5.67. The minimum Gasteiger partial charge on any atom is -0.462 e. The second-order valence-corrected chi connectivity index (χ2v) is 11.2. The van der Waals surface area contributed by atoms with E-state index in [1.165, 1.54) is 20.8 Å². The van der Waals surface area contributed by atoms with Gasteiger partial charge in [0.2, 0.25) is 0 Å². The number of hydrogen-bond donors (Lipinski definition) is 1. The Kier molecular flexibility index (Phi) is 6.10. The maximum absolute atomic E-state index is 12.1. The third-order valence-corrected chi connectivity index (χ3v) is 9.56. The van der Waals surface area contributed by atoms with Gasteiger partial charge in [0, 0.05) is 32.1 Å². The topological polar surface area (TPSA) is 99.1 Å². The highest BCUT2D eigenvalue weighted by Gasteiger charge is 2.68. The number of aliphatic hydroxyl groups excluding tert-OH is 1. The molecule has 0 saturated heterocycles. The number of ether oxygens (including phenoxy) is 3. The summed E-state index contributed by atoms with van der Waals surface area (Å²) in [6.45, 7) is 8.72. The zero-order chi connectivity index (χ0) is 23.4. The summed E-state index contributed by atoms with van der Waals surface area (Å²) < 4.78 is 17.6. The van der Waals surface area contributed by atoms with Crippen LogP contribution in [0.3, 0.4) is 0 Å². The van der Waals surface area contributed by atoms with Gasteiger partial charge in [0.05, 0.1) is 6.10 Å². The first-order valence-corrected chi connectivity index (χ1v) is 12.2. The molecule has 0 radical (unpaired) electrons. The van der Waals surface area contributed by atoms with Crippen LogP contribution in [0, 0.1) is 34.5 Å². The predicted octanol–water partition coefficient (Wildman–Crippen LogP) is 3.40. The Morgan fingerprint density at radius 3 is 2.03 bits per heavy atom. The molecule has 0 aromatic heterocycles. The Bertz CT molecular complexity index is 780. The minimum atomic E-state index is -0.520. The zero-order valence-corrected chi connectivity index (χ0v) is 20.0. The molecule has 0 amide bonds. The van der Waals surface area contributed by atoms with E-state index in [9.17, 15) is 19.5 Å². The molecule has 0 spiro atoms. The monoisotopic (exact) mass is 450 g/mol. The first-order valence-electron chi connectivity index (χ1n) is 12.2. The number of aliphatic hydroxyl groups is 1. The van der Waals surface area contributed by atoms with E-state index in [0.717, 1.165) is 25.7 Å². The fourth-order valence-electron chi connectivity index (χ4n) is 8.18. The molecule has 0 bridgehead atoms. The molecule has 0 aromatic rings. The van der Waals surface area contributed by atoms with Crippen molar-refractivity contribution < 1.29 is 33.7 Å².